The maximum Gasteiger partial charge on any atom is 0.197 e. The minimum Gasteiger partial charge on any atom is -0.483 e. The van der Waals surface area contributed by atoms with Gasteiger partial charge in [0, 0.05) is 11.1 Å². The molecule has 0 aromatic heterocycles. The summed E-state index contributed by atoms with van der Waals surface area (Å²) in [6.45, 7) is -0.0321. The molecule has 1 aliphatic heterocycles. The van der Waals surface area contributed by atoms with E-state index < -0.39 is 11.9 Å². The Balaban J connectivity index is 2.37. The van der Waals surface area contributed by atoms with Gasteiger partial charge in [0.2, 0.25) is 0 Å². The van der Waals surface area contributed by atoms with Crippen molar-refractivity contribution >= 4 is 11.6 Å². The molecule has 2 rings (SSSR count). The predicted molar refractivity (Wildman–Crippen MR) is 48.4 cm³/mol. The third kappa shape index (κ3) is 1.63. The van der Waals surface area contributed by atoms with E-state index in [1.54, 1.807) is 0 Å². The molecule has 3 nitrogen and oxygen atoms in total. The van der Waals surface area contributed by atoms with Crippen LogP contribution in [0.3, 0.4) is 0 Å². The number of hydrogen-bond donors (Lipinski definition) is 1. The first-order valence-corrected chi connectivity index (χ1v) is 4.48. The van der Waals surface area contributed by atoms with Gasteiger partial charge >= 0.3 is 0 Å². The minimum absolute atomic E-state index is 0.0547. The van der Waals surface area contributed by atoms with Gasteiger partial charge in [0.25, 0.3) is 0 Å². The first kappa shape index (κ1) is 9.55. The summed E-state index contributed by atoms with van der Waals surface area (Å²) < 4.78 is 23.5. The molecular formula is C9H8ClFO3. The number of aliphatic hydroxyl groups is 1. The average molecular weight is 219 g/mol. The number of hydrogen-bond acceptors (Lipinski definition) is 3. The van der Waals surface area contributed by atoms with Gasteiger partial charge in [-0.25, -0.2) is 4.39 Å². The molecule has 14 heavy (non-hydrogen) atoms. The Morgan fingerprint density at radius 2 is 2.36 bits per heavy atom. The smallest absolute Gasteiger partial charge is 0.197 e. The number of rotatable bonds is 1. The van der Waals surface area contributed by atoms with Crippen LogP contribution in [0.5, 0.6) is 11.5 Å². The van der Waals surface area contributed by atoms with Gasteiger partial charge in [-0.15, -0.1) is 0 Å². The Kier molecular flexibility index (Phi) is 2.48. The molecule has 1 N–H and O–H groups in total. The lowest BCUT2D eigenvalue weighted by molar-refractivity contribution is 0.0429. The van der Waals surface area contributed by atoms with E-state index in [9.17, 15) is 4.39 Å². The van der Waals surface area contributed by atoms with Crippen LogP contribution in [0.1, 0.15) is 0 Å². The van der Waals surface area contributed by atoms with Gasteiger partial charge in [-0.2, -0.15) is 0 Å². The van der Waals surface area contributed by atoms with Crippen molar-refractivity contribution in [1.29, 1.82) is 0 Å². The van der Waals surface area contributed by atoms with Crippen molar-refractivity contribution < 1.29 is 19.0 Å². The summed E-state index contributed by atoms with van der Waals surface area (Å²) in [4.78, 5) is 0. The molecule has 0 spiro atoms. The van der Waals surface area contributed by atoms with Crippen molar-refractivity contribution in [2.45, 2.75) is 6.10 Å². The van der Waals surface area contributed by atoms with Crippen molar-refractivity contribution in [3.05, 3.63) is 23.0 Å². The molecule has 1 heterocycles. The normalized spacial score (nSPS) is 19.5. The number of halogens is 2. The zero-order valence-corrected chi connectivity index (χ0v) is 7.92. The molecule has 0 amide bonds. The molecule has 1 aromatic rings. The molecule has 0 bridgehead atoms. The topological polar surface area (TPSA) is 38.7 Å². The highest BCUT2D eigenvalue weighted by molar-refractivity contribution is 6.30. The Hall–Kier alpha value is -1.00. The quantitative estimate of drug-likeness (QED) is 0.779. The lowest BCUT2D eigenvalue weighted by atomic mass is 10.2. The second kappa shape index (κ2) is 3.63. The summed E-state index contributed by atoms with van der Waals surface area (Å²) >= 11 is 5.63. The van der Waals surface area contributed by atoms with Gasteiger partial charge in [0.05, 0.1) is 6.61 Å². The molecule has 0 unspecified atom stereocenters. The fraction of sp³-hybridized carbons (Fsp3) is 0.333. The van der Waals surface area contributed by atoms with Crippen LogP contribution in [0.25, 0.3) is 0 Å². The summed E-state index contributed by atoms with van der Waals surface area (Å²) in [5.41, 5.74) is 0. The van der Waals surface area contributed by atoms with E-state index >= 15 is 0 Å². The second-order valence-electron chi connectivity index (χ2n) is 2.95. The highest BCUT2D eigenvalue weighted by atomic mass is 35.5. The molecule has 0 fully saturated rings. The highest BCUT2D eigenvalue weighted by Gasteiger charge is 2.23. The molecule has 0 aliphatic carbocycles. The molecular weight excluding hydrogens is 211 g/mol. The summed E-state index contributed by atoms with van der Waals surface area (Å²) in [7, 11) is 0. The number of ether oxygens (including phenoxy) is 2. The first-order chi connectivity index (χ1) is 6.70. The molecule has 5 heteroatoms. The molecule has 1 aliphatic rings. The van der Waals surface area contributed by atoms with E-state index in [1.807, 2.05) is 0 Å². The molecule has 0 saturated carbocycles. The molecule has 0 saturated heterocycles. The summed E-state index contributed by atoms with van der Waals surface area (Å²) in [5, 5.41) is 9.06. The van der Waals surface area contributed by atoms with Crippen LogP contribution in [0.15, 0.2) is 12.1 Å². The van der Waals surface area contributed by atoms with E-state index in [-0.39, 0.29) is 29.7 Å². The van der Waals surface area contributed by atoms with Crippen LogP contribution in [-0.2, 0) is 0 Å². The van der Waals surface area contributed by atoms with Crippen molar-refractivity contribution in [3.8, 4) is 11.5 Å². The van der Waals surface area contributed by atoms with Gasteiger partial charge in [0.1, 0.15) is 6.61 Å². The van der Waals surface area contributed by atoms with E-state index in [0.29, 0.717) is 0 Å². The van der Waals surface area contributed by atoms with Gasteiger partial charge in [0.15, 0.2) is 23.4 Å². The van der Waals surface area contributed by atoms with Crippen molar-refractivity contribution in [3.63, 3.8) is 0 Å². The zero-order chi connectivity index (χ0) is 10.1. The van der Waals surface area contributed by atoms with Crippen LogP contribution < -0.4 is 9.47 Å². The molecule has 1 aromatic carbocycles. The van der Waals surface area contributed by atoms with E-state index in [0.717, 1.165) is 6.07 Å². The highest BCUT2D eigenvalue weighted by Crippen LogP contribution is 2.36. The van der Waals surface area contributed by atoms with Crippen molar-refractivity contribution in [2.24, 2.45) is 0 Å². The number of aliphatic hydroxyl groups excluding tert-OH is 1. The number of benzene rings is 1. The van der Waals surface area contributed by atoms with Crippen molar-refractivity contribution in [1.82, 2.24) is 0 Å². The monoisotopic (exact) mass is 218 g/mol. The fourth-order valence-corrected chi connectivity index (χ4v) is 1.44. The third-order valence-corrected chi connectivity index (χ3v) is 2.10. The van der Waals surface area contributed by atoms with Crippen molar-refractivity contribution in [2.75, 3.05) is 13.2 Å². The summed E-state index contributed by atoms with van der Waals surface area (Å²) in [5.74, 6) is -0.261. The van der Waals surface area contributed by atoms with E-state index in [1.165, 1.54) is 6.07 Å². The minimum atomic E-state index is -0.552. The van der Waals surface area contributed by atoms with Gasteiger partial charge in [-0.1, -0.05) is 11.6 Å². The Bertz CT molecular complexity index is 356. The van der Waals surface area contributed by atoms with Crippen LogP contribution in [0, 0.1) is 5.82 Å². The Labute approximate surface area is 85.0 Å². The zero-order valence-electron chi connectivity index (χ0n) is 7.17. The maximum absolute atomic E-state index is 13.2. The average Bonchev–Trinajstić information content (AvgIpc) is 2.16. The van der Waals surface area contributed by atoms with Gasteiger partial charge < -0.3 is 14.6 Å². The fourth-order valence-electron chi connectivity index (χ4n) is 1.24. The van der Waals surface area contributed by atoms with Crippen LogP contribution in [0.2, 0.25) is 5.02 Å². The first-order valence-electron chi connectivity index (χ1n) is 4.10. The van der Waals surface area contributed by atoms with Crippen LogP contribution in [-0.4, -0.2) is 24.4 Å². The van der Waals surface area contributed by atoms with Gasteiger partial charge in [-0.05, 0) is 6.07 Å². The second-order valence-corrected chi connectivity index (χ2v) is 3.38. The third-order valence-electron chi connectivity index (χ3n) is 1.89. The Morgan fingerprint density at radius 1 is 1.57 bits per heavy atom. The SMILES string of the molecule is OC[C@H]1COc2c(F)cc(Cl)cc2O1. The van der Waals surface area contributed by atoms with E-state index in [2.05, 4.69) is 0 Å². The van der Waals surface area contributed by atoms with Crippen LogP contribution in [0.4, 0.5) is 4.39 Å². The molecule has 1 atom stereocenters. The predicted octanol–water partition coefficient (Wildman–Crippen LogP) is 1.61. The van der Waals surface area contributed by atoms with Crippen LogP contribution >= 0.6 is 11.6 Å². The summed E-state index contributed by atoms with van der Waals surface area (Å²) in [6, 6.07) is 2.62. The van der Waals surface area contributed by atoms with E-state index in [4.69, 9.17) is 26.2 Å². The molecule has 76 valence electrons. The lowest BCUT2D eigenvalue weighted by Crippen LogP contribution is -2.32. The standard InChI is InChI=1S/C9H8ClFO3/c10-5-1-7(11)9-8(2-5)14-6(3-12)4-13-9/h1-2,6,12H,3-4H2/t6-/m0/s1. The number of fused-ring (bicyclic) bond motifs is 1. The summed E-state index contributed by atoms with van der Waals surface area (Å²) in [6.07, 6.45) is -0.458. The Morgan fingerprint density at radius 3 is 3.07 bits per heavy atom. The largest absolute Gasteiger partial charge is 0.483 e. The lowest BCUT2D eigenvalue weighted by Gasteiger charge is -2.25. The molecule has 0 radical (unpaired) electrons. The van der Waals surface area contributed by atoms with Gasteiger partial charge in [-0.3, -0.25) is 0 Å². The maximum atomic E-state index is 13.2.